The monoisotopic (exact) mass is 314 g/mol. The fraction of sp³-hybridized carbons (Fsp3) is 0.333. The van der Waals surface area contributed by atoms with E-state index in [0.29, 0.717) is 0 Å². The van der Waals surface area contributed by atoms with Crippen molar-refractivity contribution in [2.24, 2.45) is 10.8 Å². The van der Waals surface area contributed by atoms with Crippen molar-refractivity contribution in [2.45, 2.75) is 39.5 Å². The first-order valence-electron chi connectivity index (χ1n) is 9.10. The zero-order valence-electron chi connectivity index (χ0n) is 14.8. The van der Waals surface area contributed by atoms with Crippen LogP contribution in [-0.2, 0) is 12.8 Å². The maximum atomic E-state index is 2.60. The molecule has 2 atom stereocenters. The fourth-order valence-electron chi connectivity index (χ4n) is 4.81. The van der Waals surface area contributed by atoms with Gasteiger partial charge in [-0.3, -0.25) is 0 Å². The number of fused-ring (bicyclic) bond motifs is 1. The first kappa shape index (κ1) is 15.4. The van der Waals surface area contributed by atoms with Crippen molar-refractivity contribution in [3.8, 4) is 0 Å². The van der Waals surface area contributed by atoms with Crippen LogP contribution in [0.3, 0.4) is 0 Å². The van der Waals surface area contributed by atoms with Gasteiger partial charge in [-0.05, 0) is 50.7 Å². The van der Waals surface area contributed by atoms with E-state index in [9.17, 15) is 0 Å². The Hall–Kier alpha value is -2.08. The average Bonchev–Trinajstić information content (AvgIpc) is 2.59. The Morgan fingerprint density at radius 2 is 1.00 bits per heavy atom. The van der Waals surface area contributed by atoms with Crippen LogP contribution in [0.2, 0.25) is 0 Å². The van der Waals surface area contributed by atoms with Crippen LogP contribution in [0.4, 0.5) is 0 Å². The van der Waals surface area contributed by atoms with E-state index in [0.717, 1.165) is 12.8 Å². The number of benzene rings is 2. The third kappa shape index (κ3) is 2.55. The van der Waals surface area contributed by atoms with Crippen LogP contribution in [0.15, 0.2) is 84.0 Å². The number of rotatable bonds is 4. The fourth-order valence-corrected chi connectivity index (χ4v) is 4.81. The molecule has 122 valence electrons. The second-order valence-corrected chi connectivity index (χ2v) is 7.79. The summed E-state index contributed by atoms with van der Waals surface area (Å²) in [5.74, 6) is 0. The molecule has 0 nitrogen and oxygen atoms in total. The van der Waals surface area contributed by atoms with Crippen molar-refractivity contribution in [3.05, 3.63) is 95.1 Å². The largest absolute Gasteiger partial charge is 0.0741 e. The van der Waals surface area contributed by atoms with E-state index in [-0.39, 0.29) is 10.8 Å². The minimum absolute atomic E-state index is 0.240. The van der Waals surface area contributed by atoms with E-state index in [2.05, 4.69) is 86.7 Å². The van der Waals surface area contributed by atoms with E-state index >= 15 is 0 Å². The second-order valence-electron chi connectivity index (χ2n) is 7.79. The van der Waals surface area contributed by atoms with Gasteiger partial charge in [-0.1, -0.05) is 84.0 Å². The minimum Gasteiger partial charge on any atom is -0.0741 e. The van der Waals surface area contributed by atoms with Gasteiger partial charge in [0.15, 0.2) is 0 Å². The maximum absolute atomic E-state index is 2.60. The van der Waals surface area contributed by atoms with Crippen LogP contribution in [-0.4, -0.2) is 0 Å². The standard InChI is InChI=1S/C24H26/c1-19-15-24(18-22-11-7-4-8-12-22)14-13-23(19,16-20(24)2)17-21-9-5-3-6-10-21/h3-12,15-16H,13-14,17-18H2,1-2H3/t23-,24-/m0/s1. The summed E-state index contributed by atoms with van der Waals surface area (Å²) in [4.78, 5) is 0. The predicted molar refractivity (Wildman–Crippen MR) is 102 cm³/mol. The Balaban J connectivity index is 1.66. The Morgan fingerprint density at radius 3 is 1.33 bits per heavy atom. The second kappa shape index (κ2) is 5.77. The van der Waals surface area contributed by atoms with Crippen LogP contribution in [0.5, 0.6) is 0 Å². The number of hydrogen-bond acceptors (Lipinski definition) is 0. The van der Waals surface area contributed by atoms with Gasteiger partial charge in [-0.25, -0.2) is 0 Å². The molecule has 2 bridgehead atoms. The number of hydrogen-bond donors (Lipinski definition) is 0. The molecule has 0 heteroatoms. The highest BCUT2D eigenvalue weighted by Gasteiger charge is 2.46. The Bertz CT molecular complexity index is 712. The van der Waals surface area contributed by atoms with Gasteiger partial charge in [-0.15, -0.1) is 0 Å². The summed E-state index contributed by atoms with van der Waals surface area (Å²) in [5.41, 5.74) is 6.52. The third-order valence-electron chi connectivity index (χ3n) is 6.30. The summed E-state index contributed by atoms with van der Waals surface area (Å²) in [6, 6.07) is 21.9. The lowest BCUT2D eigenvalue weighted by atomic mass is 9.53. The summed E-state index contributed by atoms with van der Waals surface area (Å²) in [6.45, 7) is 4.70. The van der Waals surface area contributed by atoms with Gasteiger partial charge in [0.2, 0.25) is 0 Å². The molecular weight excluding hydrogens is 288 g/mol. The average molecular weight is 314 g/mol. The Kier molecular flexibility index (Phi) is 3.72. The van der Waals surface area contributed by atoms with Gasteiger partial charge < -0.3 is 0 Å². The lowest BCUT2D eigenvalue weighted by Crippen LogP contribution is -2.40. The smallest absolute Gasteiger partial charge is 0.0132 e. The molecule has 0 heterocycles. The van der Waals surface area contributed by atoms with Gasteiger partial charge in [0.05, 0.1) is 0 Å². The van der Waals surface area contributed by atoms with E-state index < -0.39 is 0 Å². The molecule has 0 unspecified atom stereocenters. The molecule has 2 aromatic rings. The molecule has 0 spiro atoms. The summed E-state index contributed by atoms with van der Waals surface area (Å²) in [5, 5.41) is 0. The first-order chi connectivity index (χ1) is 11.6. The highest BCUT2D eigenvalue weighted by Crippen LogP contribution is 2.57. The van der Waals surface area contributed by atoms with Crippen molar-refractivity contribution in [1.29, 1.82) is 0 Å². The van der Waals surface area contributed by atoms with Crippen LogP contribution in [0, 0.1) is 10.8 Å². The SMILES string of the molecule is CC1=C[C@]2(Cc3ccccc3)CC[C@@]1(Cc1ccccc1)C=C2C. The van der Waals surface area contributed by atoms with Crippen LogP contribution >= 0.6 is 0 Å². The summed E-state index contributed by atoms with van der Waals surface area (Å²) >= 11 is 0. The van der Waals surface area contributed by atoms with Gasteiger partial charge >= 0.3 is 0 Å². The van der Waals surface area contributed by atoms with E-state index in [1.54, 1.807) is 11.1 Å². The topological polar surface area (TPSA) is 0 Å². The summed E-state index contributed by atoms with van der Waals surface area (Å²) < 4.78 is 0. The number of allylic oxidation sites excluding steroid dienone is 4. The molecule has 2 aromatic carbocycles. The van der Waals surface area contributed by atoms with Gasteiger partial charge in [-0.2, -0.15) is 0 Å². The molecule has 5 rings (SSSR count). The lowest BCUT2D eigenvalue weighted by molar-refractivity contribution is 0.248. The van der Waals surface area contributed by atoms with Crippen molar-refractivity contribution < 1.29 is 0 Å². The quantitative estimate of drug-likeness (QED) is 0.594. The molecule has 0 saturated heterocycles. The molecule has 0 radical (unpaired) electrons. The first-order valence-corrected chi connectivity index (χ1v) is 9.10. The van der Waals surface area contributed by atoms with Crippen LogP contribution < -0.4 is 0 Å². The van der Waals surface area contributed by atoms with E-state index in [1.165, 1.54) is 24.0 Å². The normalized spacial score (nSPS) is 28.4. The molecule has 0 N–H and O–H groups in total. The molecule has 0 saturated carbocycles. The van der Waals surface area contributed by atoms with Crippen molar-refractivity contribution >= 4 is 0 Å². The Labute approximate surface area is 145 Å². The highest BCUT2D eigenvalue weighted by molar-refractivity contribution is 5.43. The van der Waals surface area contributed by atoms with Crippen LogP contribution in [0.1, 0.15) is 37.8 Å². The molecule has 24 heavy (non-hydrogen) atoms. The van der Waals surface area contributed by atoms with Gasteiger partial charge in [0.1, 0.15) is 0 Å². The van der Waals surface area contributed by atoms with Crippen molar-refractivity contribution in [1.82, 2.24) is 0 Å². The molecule has 0 amide bonds. The van der Waals surface area contributed by atoms with E-state index in [1.807, 2.05) is 0 Å². The van der Waals surface area contributed by atoms with E-state index in [4.69, 9.17) is 0 Å². The molecule has 3 aliphatic carbocycles. The summed E-state index contributed by atoms with van der Waals surface area (Å²) in [7, 11) is 0. The van der Waals surface area contributed by atoms with Gasteiger partial charge in [0.25, 0.3) is 0 Å². The molecule has 0 aromatic heterocycles. The maximum Gasteiger partial charge on any atom is 0.0132 e. The third-order valence-corrected chi connectivity index (χ3v) is 6.30. The van der Waals surface area contributed by atoms with Crippen molar-refractivity contribution in [3.63, 3.8) is 0 Å². The van der Waals surface area contributed by atoms with Crippen molar-refractivity contribution in [2.75, 3.05) is 0 Å². The molecule has 0 fully saturated rings. The van der Waals surface area contributed by atoms with Gasteiger partial charge in [0, 0.05) is 10.8 Å². The van der Waals surface area contributed by atoms with Crippen LogP contribution in [0.25, 0.3) is 0 Å². The molecule has 0 aliphatic heterocycles. The molecule has 3 aliphatic rings. The Morgan fingerprint density at radius 1 is 0.625 bits per heavy atom. The molecular formula is C24H26. The zero-order valence-corrected chi connectivity index (χ0v) is 14.8. The minimum atomic E-state index is 0.240. The zero-order chi connectivity index (χ0) is 16.6. The highest BCUT2D eigenvalue weighted by atomic mass is 14.5. The summed E-state index contributed by atoms with van der Waals surface area (Å²) in [6.07, 6.45) is 10.0. The predicted octanol–water partition coefficient (Wildman–Crippen LogP) is 6.14. The lowest BCUT2D eigenvalue weighted by Gasteiger charge is -2.50.